The fourth-order valence-corrected chi connectivity index (χ4v) is 4.17. The van der Waals surface area contributed by atoms with E-state index in [4.69, 9.17) is 0 Å². The molecule has 0 radical (unpaired) electrons. The average Bonchev–Trinajstić information content (AvgIpc) is 3.00. The van der Waals surface area contributed by atoms with Crippen LogP contribution in [0.25, 0.3) is 22.0 Å². The molecule has 1 aliphatic rings. The van der Waals surface area contributed by atoms with E-state index in [-0.39, 0.29) is 5.91 Å². The number of hydrogen-bond acceptors (Lipinski definition) is 2. The molecule has 0 spiro atoms. The highest BCUT2D eigenvalue weighted by Gasteiger charge is 2.11. The molecule has 0 saturated carbocycles. The van der Waals surface area contributed by atoms with E-state index in [2.05, 4.69) is 65.7 Å². The van der Waals surface area contributed by atoms with Crippen molar-refractivity contribution in [2.24, 2.45) is 0 Å². The van der Waals surface area contributed by atoms with Crippen molar-refractivity contribution in [3.8, 4) is 11.1 Å². The van der Waals surface area contributed by atoms with Crippen LogP contribution in [0.5, 0.6) is 0 Å². The van der Waals surface area contributed by atoms with Crippen LogP contribution < -0.4 is 5.32 Å². The van der Waals surface area contributed by atoms with E-state index in [1.807, 2.05) is 24.6 Å². The minimum absolute atomic E-state index is 0.0815. The molecule has 2 heterocycles. The molecule has 4 rings (SSSR count). The third kappa shape index (κ3) is 6.44. The molecule has 166 valence electrons. The summed E-state index contributed by atoms with van der Waals surface area (Å²) in [6.07, 6.45) is 7.26. The van der Waals surface area contributed by atoms with Gasteiger partial charge in [-0.2, -0.15) is 0 Å². The number of likely N-dealkylation sites (tertiary alicyclic amines) is 1. The normalized spacial score (nSPS) is 14.5. The molecule has 2 aromatic carbocycles. The fourth-order valence-electron chi connectivity index (χ4n) is 4.17. The standard InChI is InChI=1S/C25H31N3O.C2H6/c1-20-6-8-21(9-7-20)23-11-10-22-12-16-28(24(22)18-23)19-25(29)26-13-17-27-14-4-2-3-5-15-27;1-2/h6-12,16,18H,2-5,13-15,17,19H2,1H3,(H,26,29);1-2H3. The first-order chi connectivity index (χ1) is 15.2. The van der Waals surface area contributed by atoms with Gasteiger partial charge in [0.15, 0.2) is 0 Å². The Labute approximate surface area is 187 Å². The summed E-state index contributed by atoms with van der Waals surface area (Å²) in [6, 6.07) is 17.1. The number of carbonyl (C=O) groups excluding carboxylic acids is 1. The molecular formula is C27H37N3O. The topological polar surface area (TPSA) is 37.3 Å². The number of rotatable bonds is 6. The third-order valence-corrected chi connectivity index (χ3v) is 5.92. The molecule has 31 heavy (non-hydrogen) atoms. The summed E-state index contributed by atoms with van der Waals surface area (Å²) in [5.41, 5.74) is 4.74. The molecule has 0 bridgehead atoms. The zero-order chi connectivity index (χ0) is 22.1. The second kappa shape index (κ2) is 11.7. The molecule has 3 aromatic rings. The summed E-state index contributed by atoms with van der Waals surface area (Å²) in [4.78, 5) is 15.0. The number of fused-ring (bicyclic) bond motifs is 1. The summed E-state index contributed by atoms with van der Waals surface area (Å²) >= 11 is 0. The maximum absolute atomic E-state index is 12.5. The van der Waals surface area contributed by atoms with Gasteiger partial charge in [0, 0.05) is 24.8 Å². The molecule has 0 atom stereocenters. The first-order valence-corrected chi connectivity index (χ1v) is 11.8. The van der Waals surface area contributed by atoms with Crippen LogP contribution >= 0.6 is 0 Å². The van der Waals surface area contributed by atoms with E-state index >= 15 is 0 Å². The molecular weight excluding hydrogens is 382 g/mol. The maximum Gasteiger partial charge on any atom is 0.239 e. The lowest BCUT2D eigenvalue weighted by Gasteiger charge is -2.19. The van der Waals surface area contributed by atoms with Crippen LogP contribution in [0, 0.1) is 6.92 Å². The Hall–Kier alpha value is -2.59. The monoisotopic (exact) mass is 419 g/mol. The van der Waals surface area contributed by atoms with Crippen molar-refractivity contribution in [1.82, 2.24) is 14.8 Å². The number of benzene rings is 2. The SMILES string of the molecule is CC.Cc1ccc(-c2ccc3ccn(CC(=O)NCCN4CCCCCC4)c3c2)cc1. The largest absolute Gasteiger partial charge is 0.353 e. The van der Waals surface area contributed by atoms with Gasteiger partial charge in [0.1, 0.15) is 6.54 Å². The average molecular weight is 420 g/mol. The van der Waals surface area contributed by atoms with Crippen LogP contribution in [0.4, 0.5) is 0 Å². The second-order valence-electron chi connectivity index (χ2n) is 8.19. The van der Waals surface area contributed by atoms with E-state index in [0.29, 0.717) is 6.54 Å². The van der Waals surface area contributed by atoms with Gasteiger partial charge in [0.25, 0.3) is 0 Å². The number of aromatic nitrogens is 1. The molecule has 1 fully saturated rings. The lowest BCUT2D eigenvalue weighted by atomic mass is 10.0. The minimum atomic E-state index is 0.0815. The van der Waals surface area contributed by atoms with Crippen molar-refractivity contribution in [3.05, 3.63) is 60.3 Å². The third-order valence-electron chi connectivity index (χ3n) is 5.92. The van der Waals surface area contributed by atoms with Crippen molar-refractivity contribution >= 4 is 16.8 Å². The maximum atomic E-state index is 12.5. The van der Waals surface area contributed by atoms with E-state index in [1.165, 1.54) is 60.8 Å². The van der Waals surface area contributed by atoms with E-state index in [0.717, 1.165) is 18.6 Å². The molecule has 1 N–H and O–H groups in total. The van der Waals surface area contributed by atoms with Crippen LogP contribution in [0.1, 0.15) is 45.1 Å². The molecule has 0 aliphatic carbocycles. The summed E-state index contributed by atoms with van der Waals surface area (Å²) in [5, 5.41) is 4.27. The second-order valence-corrected chi connectivity index (χ2v) is 8.19. The van der Waals surface area contributed by atoms with Gasteiger partial charge in [-0.15, -0.1) is 0 Å². The molecule has 4 heteroatoms. The lowest BCUT2D eigenvalue weighted by molar-refractivity contribution is -0.121. The number of hydrogen-bond donors (Lipinski definition) is 1. The molecule has 1 amide bonds. The number of nitrogens with one attached hydrogen (secondary N) is 1. The van der Waals surface area contributed by atoms with Crippen molar-refractivity contribution in [2.75, 3.05) is 26.2 Å². The van der Waals surface area contributed by atoms with Crippen molar-refractivity contribution < 1.29 is 4.79 Å². The van der Waals surface area contributed by atoms with Crippen LogP contribution in [0.3, 0.4) is 0 Å². The first-order valence-electron chi connectivity index (χ1n) is 11.8. The van der Waals surface area contributed by atoms with Gasteiger partial charge in [0.2, 0.25) is 5.91 Å². The van der Waals surface area contributed by atoms with Gasteiger partial charge in [-0.05, 0) is 61.5 Å². The quantitative estimate of drug-likeness (QED) is 0.562. The van der Waals surface area contributed by atoms with Gasteiger partial charge in [-0.1, -0.05) is 68.7 Å². The number of carbonyl (C=O) groups is 1. The van der Waals surface area contributed by atoms with Gasteiger partial charge >= 0.3 is 0 Å². The first kappa shape index (κ1) is 23.1. The van der Waals surface area contributed by atoms with Crippen molar-refractivity contribution in [1.29, 1.82) is 0 Å². The Morgan fingerprint density at radius 3 is 2.29 bits per heavy atom. The van der Waals surface area contributed by atoms with Crippen LogP contribution in [-0.4, -0.2) is 41.6 Å². The highest BCUT2D eigenvalue weighted by Crippen LogP contribution is 2.25. The highest BCUT2D eigenvalue weighted by molar-refractivity contribution is 5.87. The molecule has 1 saturated heterocycles. The van der Waals surface area contributed by atoms with Crippen LogP contribution in [0.2, 0.25) is 0 Å². The Kier molecular flexibility index (Phi) is 8.72. The predicted molar refractivity (Wildman–Crippen MR) is 131 cm³/mol. The fraction of sp³-hybridized carbons (Fsp3) is 0.444. The predicted octanol–water partition coefficient (Wildman–Crippen LogP) is 5.64. The minimum Gasteiger partial charge on any atom is -0.353 e. The number of nitrogens with zero attached hydrogens (tertiary/aromatic N) is 2. The summed E-state index contributed by atoms with van der Waals surface area (Å²) in [6.45, 7) is 10.5. The molecule has 4 nitrogen and oxygen atoms in total. The Bertz CT molecular complexity index is 950. The Balaban J connectivity index is 0.00000132. The smallest absolute Gasteiger partial charge is 0.239 e. The number of amides is 1. The summed E-state index contributed by atoms with van der Waals surface area (Å²) in [5.74, 6) is 0.0815. The van der Waals surface area contributed by atoms with Crippen molar-refractivity contribution in [3.63, 3.8) is 0 Å². The Morgan fingerprint density at radius 2 is 1.58 bits per heavy atom. The van der Waals surface area contributed by atoms with Crippen molar-refractivity contribution in [2.45, 2.75) is 53.0 Å². The lowest BCUT2D eigenvalue weighted by Crippen LogP contribution is -2.36. The molecule has 1 aromatic heterocycles. The summed E-state index contributed by atoms with van der Waals surface area (Å²) < 4.78 is 2.05. The zero-order valence-corrected chi connectivity index (χ0v) is 19.4. The molecule has 1 aliphatic heterocycles. The summed E-state index contributed by atoms with van der Waals surface area (Å²) in [7, 11) is 0. The van der Waals surface area contributed by atoms with Crippen LogP contribution in [0.15, 0.2) is 54.7 Å². The van der Waals surface area contributed by atoms with Crippen LogP contribution in [-0.2, 0) is 11.3 Å². The van der Waals surface area contributed by atoms with Gasteiger partial charge in [-0.3, -0.25) is 4.79 Å². The molecule has 0 unspecified atom stereocenters. The van der Waals surface area contributed by atoms with E-state index in [9.17, 15) is 4.79 Å². The van der Waals surface area contributed by atoms with Gasteiger partial charge in [-0.25, -0.2) is 0 Å². The van der Waals surface area contributed by atoms with E-state index in [1.54, 1.807) is 0 Å². The van der Waals surface area contributed by atoms with E-state index < -0.39 is 0 Å². The van der Waals surface area contributed by atoms with Gasteiger partial charge < -0.3 is 14.8 Å². The Morgan fingerprint density at radius 1 is 0.903 bits per heavy atom. The zero-order valence-electron chi connectivity index (χ0n) is 19.4. The number of aryl methyl sites for hydroxylation is 1. The van der Waals surface area contributed by atoms with Gasteiger partial charge in [0.05, 0.1) is 0 Å². The highest BCUT2D eigenvalue weighted by atomic mass is 16.1.